The van der Waals surface area contributed by atoms with E-state index in [2.05, 4.69) is 18.7 Å². The van der Waals surface area contributed by atoms with Crippen LogP contribution in [0.1, 0.15) is 46.0 Å². The van der Waals surface area contributed by atoms with E-state index in [0.29, 0.717) is 6.04 Å². The van der Waals surface area contributed by atoms with Gasteiger partial charge in [-0.05, 0) is 45.2 Å². The summed E-state index contributed by atoms with van der Waals surface area (Å²) in [5, 5.41) is 0. The molecule has 0 aromatic rings. The third kappa shape index (κ3) is 3.28. The highest BCUT2D eigenvalue weighted by Gasteiger charge is 2.25. The van der Waals surface area contributed by atoms with Crippen LogP contribution in [0.25, 0.3) is 0 Å². The SMILES string of the molecule is CCCN(CCC)C1CCC(N)C1. The van der Waals surface area contributed by atoms with Crippen LogP contribution in [0.3, 0.4) is 0 Å². The van der Waals surface area contributed by atoms with Gasteiger partial charge in [-0.3, -0.25) is 0 Å². The van der Waals surface area contributed by atoms with Crippen LogP contribution in [0.4, 0.5) is 0 Å². The number of rotatable bonds is 5. The zero-order chi connectivity index (χ0) is 9.68. The maximum absolute atomic E-state index is 5.93. The highest BCUT2D eigenvalue weighted by Crippen LogP contribution is 2.23. The third-order valence-electron chi connectivity index (χ3n) is 2.98. The summed E-state index contributed by atoms with van der Waals surface area (Å²) in [4.78, 5) is 2.63. The molecule has 2 N–H and O–H groups in total. The predicted octanol–water partition coefficient (Wildman–Crippen LogP) is 1.99. The zero-order valence-corrected chi connectivity index (χ0v) is 9.13. The quantitative estimate of drug-likeness (QED) is 0.708. The van der Waals surface area contributed by atoms with Crippen molar-refractivity contribution in [2.24, 2.45) is 5.73 Å². The molecule has 1 aliphatic rings. The summed E-state index contributed by atoms with van der Waals surface area (Å²) in [5.74, 6) is 0. The summed E-state index contributed by atoms with van der Waals surface area (Å²) in [6.07, 6.45) is 6.31. The molecule has 13 heavy (non-hydrogen) atoms. The van der Waals surface area contributed by atoms with Crippen molar-refractivity contribution in [3.8, 4) is 0 Å². The molecule has 1 saturated carbocycles. The van der Waals surface area contributed by atoms with Gasteiger partial charge in [0, 0.05) is 12.1 Å². The Morgan fingerprint density at radius 3 is 2.15 bits per heavy atom. The van der Waals surface area contributed by atoms with Gasteiger partial charge in [0.05, 0.1) is 0 Å². The molecule has 1 fully saturated rings. The average molecular weight is 184 g/mol. The van der Waals surface area contributed by atoms with Crippen molar-refractivity contribution in [2.75, 3.05) is 13.1 Å². The highest BCUT2D eigenvalue weighted by atomic mass is 15.2. The second-order valence-electron chi connectivity index (χ2n) is 4.26. The van der Waals surface area contributed by atoms with E-state index >= 15 is 0 Å². The summed E-state index contributed by atoms with van der Waals surface area (Å²) in [5.41, 5.74) is 5.93. The van der Waals surface area contributed by atoms with Gasteiger partial charge in [-0.2, -0.15) is 0 Å². The summed E-state index contributed by atoms with van der Waals surface area (Å²) in [7, 11) is 0. The van der Waals surface area contributed by atoms with Gasteiger partial charge in [0.25, 0.3) is 0 Å². The summed E-state index contributed by atoms with van der Waals surface area (Å²) in [6, 6.07) is 1.26. The summed E-state index contributed by atoms with van der Waals surface area (Å²) < 4.78 is 0. The minimum atomic E-state index is 0.473. The Kier molecular flexibility index (Phi) is 4.74. The minimum absolute atomic E-state index is 0.473. The van der Waals surface area contributed by atoms with Gasteiger partial charge in [0.2, 0.25) is 0 Å². The maximum atomic E-state index is 5.93. The largest absolute Gasteiger partial charge is 0.328 e. The van der Waals surface area contributed by atoms with Crippen LogP contribution in [0.15, 0.2) is 0 Å². The molecule has 0 aromatic carbocycles. The van der Waals surface area contributed by atoms with Gasteiger partial charge in [-0.25, -0.2) is 0 Å². The molecule has 0 saturated heterocycles. The minimum Gasteiger partial charge on any atom is -0.328 e. The first kappa shape index (κ1) is 11.0. The predicted molar refractivity (Wildman–Crippen MR) is 57.8 cm³/mol. The lowest BCUT2D eigenvalue weighted by molar-refractivity contribution is 0.198. The molecule has 2 unspecified atom stereocenters. The molecule has 2 heteroatoms. The van der Waals surface area contributed by atoms with Gasteiger partial charge in [-0.1, -0.05) is 13.8 Å². The summed E-state index contributed by atoms with van der Waals surface area (Å²) >= 11 is 0. The molecule has 0 spiro atoms. The Labute approximate surface area is 82.5 Å². The number of nitrogens with zero attached hydrogens (tertiary/aromatic N) is 1. The molecule has 1 rings (SSSR count). The van der Waals surface area contributed by atoms with Crippen molar-refractivity contribution in [1.29, 1.82) is 0 Å². The third-order valence-corrected chi connectivity index (χ3v) is 2.98. The van der Waals surface area contributed by atoms with Crippen molar-refractivity contribution in [3.63, 3.8) is 0 Å². The maximum Gasteiger partial charge on any atom is 0.0111 e. The van der Waals surface area contributed by atoms with E-state index in [1.165, 1.54) is 45.2 Å². The Balaban J connectivity index is 2.35. The van der Waals surface area contributed by atoms with E-state index in [-0.39, 0.29) is 0 Å². The van der Waals surface area contributed by atoms with E-state index in [0.717, 1.165) is 6.04 Å². The van der Waals surface area contributed by atoms with Crippen LogP contribution in [-0.2, 0) is 0 Å². The first-order valence-corrected chi connectivity index (χ1v) is 5.77. The molecule has 2 atom stereocenters. The van der Waals surface area contributed by atoms with Crippen molar-refractivity contribution in [1.82, 2.24) is 4.90 Å². The van der Waals surface area contributed by atoms with Crippen molar-refractivity contribution in [2.45, 2.75) is 58.0 Å². The topological polar surface area (TPSA) is 29.3 Å². The molecule has 0 radical (unpaired) electrons. The lowest BCUT2D eigenvalue weighted by Crippen LogP contribution is -2.35. The van der Waals surface area contributed by atoms with Crippen molar-refractivity contribution in [3.05, 3.63) is 0 Å². The van der Waals surface area contributed by atoms with Crippen LogP contribution in [-0.4, -0.2) is 30.1 Å². The van der Waals surface area contributed by atoms with Gasteiger partial charge in [0.15, 0.2) is 0 Å². The van der Waals surface area contributed by atoms with Crippen LogP contribution in [0.5, 0.6) is 0 Å². The molecule has 78 valence electrons. The smallest absolute Gasteiger partial charge is 0.0111 e. The zero-order valence-electron chi connectivity index (χ0n) is 9.13. The van der Waals surface area contributed by atoms with Gasteiger partial charge >= 0.3 is 0 Å². The standard InChI is InChI=1S/C11H24N2/c1-3-7-13(8-4-2)11-6-5-10(12)9-11/h10-11H,3-9,12H2,1-2H3. The van der Waals surface area contributed by atoms with Crippen molar-refractivity contribution < 1.29 is 0 Å². The van der Waals surface area contributed by atoms with E-state index < -0.39 is 0 Å². The van der Waals surface area contributed by atoms with Crippen LogP contribution >= 0.6 is 0 Å². The molecule has 0 aromatic heterocycles. The molecule has 1 aliphatic carbocycles. The van der Waals surface area contributed by atoms with Crippen molar-refractivity contribution >= 4 is 0 Å². The second kappa shape index (κ2) is 5.61. The Hall–Kier alpha value is -0.0800. The Morgan fingerprint density at radius 1 is 1.15 bits per heavy atom. The van der Waals surface area contributed by atoms with Crippen LogP contribution in [0, 0.1) is 0 Å². The molecular formula is C11H24N2. The first-order valence-electron chi connectivity index (χ1n) is 5.77. The molecule has 0 heterocycles. The van der Waals surface area contributed by atoms with E-state index in [1.807, 2.05) is 0 Å². The highest BCUT2D eigenvalue weighted by molar-refractivity contribution is 4.84. The summed E-state index contributed by atoms with van der Waals surface area (Å²) in [6.45, 7) is 7.03. The van der Waals surface area contributed by atoms with Gasteiger partial charge in [0.1, 0.15) is 0 Å². The number of nitrogens with two attached hydrogens (primary N) is 1. The normalized spacial score (nSPS) is 28.6. The average Bonchev–Trinajstić information content (AvgIpc) is 2.51. The molecule has 0 bridgehead atoms. The van der Waals surface area contributed by atoms with Gasteiger partial charge < -0.3 is 10.6 Å². The van der Waals surface area contributed by atoms with E-state index in [4.69, 9.17) is 5.73 Å². The molecule has 0 amide bonds. The number of hydrogen-bond donors (Lipinski definition) is 1. The van der Waals surface area contributed by atoms with E-state index in [1.54, 1.807) is 0 Å². The first-order chi connectivity index (χ1) is 6.27. The Bertz CT molecular complexity index is 130. The lowest BCUT2D eigenvalue weighted by atomic mass is 10.2. The fourth-order valence-electron chi connectivity index (χ4n) is 2.37. The number of hydrogen-bond acceptors (Lipinski definition) is 2. The second-order valence-corrected chi connectivity index (χ2v) is 4.26. The van der Waals surface area contributed by atoms with Gasteiger partial charge in [-0.15, -0.1) is 0 Å². The molecule has 2 nitrogen and oxygen atoms in total. The lowest BCUT2D eigenvalue weighted by Gasteiger charge is -2.28. The van der Waals surface area contributed by atoms with E-state index in [9.17, 15) is 0 Å². The monoisotopic (exact) mass is 184 g/mol. The Morgan fingerprint density at radius 2 is 1.77 bits per heavy atom. The van der Waals surface area contributed by atoms with Crippen LogP contribution < -0.4 is 5.73 Å². The fraction of sp³-hybridized carbons (Fsp3) is 1.00. The fourth-order valence-corrected chi connectivity index (χ4v) is 2.37. The molecule has 0 aliphatic heterocycles. The molecular weight excluding hydrogens is 160 g/mol. The van der Waals surface area contributed by atoms with Crippen LogP contribution in [0.2, 0.25) is 0 Å².